The number of hydrogen-bond acceptors (Lipinski definition) is 7. The Balaban J connectivity index is 1.59. The summed E-state index contributed by atoms with van der Waals surface area (Å²) in [7, 11) is 0. The number of carbonyl (C=O) groups excluding carboxylic acids is 1. The molecule has 2 aromatic carbocycles. The number of nitrogens with zero attached hydrogens (tertiary/aromatic N) is 3. The summed E-state index contributed by atoms with van der Waals surface area (Å²) in [6.07, 6.45) is 2.81. The van der Waals surface area contributed by atoms with E-state index in [1.54, 1.807) is 12.1 Å². The topological polar surface area (TPSA) is 102 Å². The molecule has 1 aliphatic rings. The van der Waals surface area contributed by atoms with Crippen LogP contribution in [0.3, 0.4) is 0 Å². The number of carbonyl (C=O) groups is 1. The number of para-hydroxylation sites is 1. The van der Waals surface area contributed by atoms with Crippen molar-refractivity contribution in [2.24, 2.45) is 9.98 Å². The predicted molar refractivity (Wildman–Crippen MR) is 122 cm³/mol. The van der Waals surface area contributed by atoms with Gasteiger partial charge in [0.2, 0.25) is 0 Å². The lowest BCUT2D eigenvalue weighted by Crippen LogP contribution is -2.36. The molecule has 0 aliphatic carbocycles. The molecule has 1 fully saturated rings. The molecule has 0 spiro atoms. The quantitative estimate of drug-likeness (QED) is 0.618. The van der Waals surface area contributed by atoms with Crippen molar-refractivity contribution in [3.05, 3.63) is 54.6 Å². The standard InChI is InChI=1S/C23H25N5O2/c24-12-10-21(27-19-4-2-1-3-5-19)23(25)22(29)11-13-26-18-6-8-20(9-7-18)28-14-16-30-17-15-28/h1-9,12-13,24-25H,10-11,14-17H2. The summed E-state index contributed by atoms with van der Waals surface area (Å²) in [4.78, 5) is 23.4. The number of Topliss-reactive ketones (excluding diaryl/α,β-unsaturated/α-hetero) is 1. The van der Waals surface area contributed by atoms with Gasteiger partial charge in [0.15, 0.2) is 5.78 Å². The van der Waals surface area contributed by atoms with E-state index in [-0.39, 0.29) is 30.0 Å². The van der Waals surface area contributed by atoms with E-state index in [2.05, 4.69) is 14.9 Å². The molecule has 154 valence electrons. The van der Waals surface area contributed by atoms with Gasteiger partial charge in [0, 0.05) is 44.0 Å². The van der Waals surface area contributed by atoms with Crippen LogP contribution in [0, 0.1) is 10.8 Å². The minimum atomic E-state index is -0.375. The van der Waals surface area contributed by atoms with Crippen LogP contribution in [0.5, 0.6) is 0 Å². The maximum atomic E-state index is 12.4. The molecule has 0 radical (unpaired) electrons. The van der Waals surface area contributed by atoms with Gasteiger partial charge in [0.1, 0.15) is 5.71 Å². The molecule has 0 atom stereocenters. The van der Waals surface area contributed by atoms with E-state index in [9.17, 15) is 4.79 Å². The molecule has 0 unspecified atom stereocenters. The molecule has 0 saturated carbocycles. The molecule has 1 heterocycles. The lowest BCUT2D eigenvalue weighted by Gasteiger charge is -2.28. The number of aliphatic imine (C=N–C) groups is 2. The van der Waals surface area contributed by atoms with Gasteiger partial charge in [-0.25, -0.2) is 0 Å². The third kappa shape index (κ3) is 6.02. The number of ether oxygens (including phenoxy) is 1. The zero-order chi connectivity index (χ0) is 21.2. The minimum absolute atomic E-state index is 0.00978. The summed E-state index contributed by atoms with van der Waals surface area (Å²) in [6.45, 7) is 3.23. The Morgan fingerprint density at radius 2 is 1.70 bits per heavy atom. The lowest BCUT2D eigenvalue weighted by atomic mass is 10.1. The molecular formula is C23H25N5O2. The van der Waals surface area contributed by atoms with Gasteiger partial charge in [-0.3, -0.25) is 20.2 Å². The molecule has 1 aliphatic heterocycles. The van der Waals surface area contributed by atoms with Crippen molar-refractivity contribution in [1.29, 1.82) is 10.8 Å². The molecule has 1 saturated heterocycles. The van der Waals surface area contributed by atoms with Gasteiger partial charge in [-0.05, 0) is 36.4 Å². The highest BCUT2D eigenvalue weighted by Gasteiger charge is 2.15. The predicted octanol–water partition coefficient (Wildman–Crippen LogP) is 4.02. The maximum absolute atomic E-state index is 12.4. The van der Waals surface area contributed by atoms with Gasteiger partial charge in [0.05, 0.1) is 30.3 Å². The molecule has 3 rings (SSSR count). The van der Waals surface area contributed by atoms with Crippen LogP contribution in [0.15, 0.2) is 64.6 Å². The van der Waals surface area contributed by atoms with Crippen LogP contribution in [-0.2, 0) is 9.53 Å². The highest BCUT2D eigenvalue weighted by atomic mass is 16.5. The number of ketones is 1. The molecular weight excluding hydrogens is 378 g/mol. The smallest absolute Gasteiger partial charge is 0.187 e. The fraction of sp³-hybridized carbons (Fsp3) is 0.261. The third-order valence-corrected chi connectivity index (χ3v) is 4.63. The van der Waals surface area contributed by atoms with Crippen molar-refractivity contribution >= 4 is 46.7 Å². The van der Waals surface area contributed by atoms with Crippen LogP contribution in [0.4, 0.5) is 17.1 Å². The van der Waals surface area contributed by atoms with E-state index in [1.807, 2.05) is 42.5 Å². The van der Waals surface area contributed by atoms with Gasteiger partial charge < -0.3 is 15.0 Å². The number of nitrogens with one attached hydrogen (secondary N) is 2. The van der Waals surface area contributed by atoms with Crippen LogP contribution in [0.25, 0.3) is 0 Å². The highest BCUT2D eigenvalue weighted by Crippen LogP contribution is 2.20. The summed E-state index contributed by atoms with van der Waals surface area (Å²) in [6, 6.07) is 17.0. The minimum Gasteiger partial charge on any atom is -0.378 e. The molecule has 30 heavy (non-hydrogen) atoms. The third-order valence-electron chi connectivity index (χ3n) is 4.63. The first-order valence-electron chi connectivity index (χ1n) is 9.86. The Morgan fingerprint density at radius 3 is 2.37 bits per heavy atom. The van der Waals surface area contributed by atoms with Crippen molar-refractivity contribution in [3.8, 4) is 0 Å². The van der Waals surface area contributed by atoms with Crippen LogP contribution in [0.1, 0.15) is 12.8 Å². The van der Waals surface area contributed by atoms with Crippen LogP contribution in [0.2, 0.25) is 0 Å². The molecule has 0 bridgehead atoms. The van der Waals surface area contributed by atoms with Crippen molar-refractivity contribution in [2.75, 3.05) is 31.2 Å². The SMILES string of the molecule is N=CCC(=Nc1ccccc1)C(=N)C(=O)CC=Nc1ccc(N2CCOCC2)cc1. The fourth-order valence-electron chi connectivity index (χ4n) is 3.03. The van der Waals surface area contributed by atoms with Gasteiger partial charge in [-0.1, -0.05) is 18.2 Å². The second-order valence-corrected chi connectivity index (χ2v) is 6.73. The van der Waals surface area contributed by atoms with Gasteiger partial charge in [-0.15, -0.1) is 0 Å². The van der Waals surface area contributed by atoms with Crippen LogP contribution >= 0.6 is 0 Å². The maximum Gasteiger partial charge on any atom is 0.187 e. The van der Waals surface area contributed by atoms with E-state index in [1.165, 1.54) is 6.21 Å². The van der Waals surface area contributed by atoms with Crippen molar-refractivity contribution in [2.45, 2.75) is 12.8 Å². The molecule has 2 N–H and O–H groups in total. The van der Waals surface area contributed by atoms with Crippen molar-refractivity contribution in [3.63, 3.8) is 0 Å². The average molecular weight is 403 g/mol. The molecule has 0 amide bonds. The Bertz CT molecular complexity index is 930. The zero-order valence-corrected chi connectivity index (χ0v) is 16.8. The number of anilines is 1. The van der Waals surface area contributed by atoms with Crippen LogP contribution < -0.4 is 4.90 Å². The number of hydrogen-bond donors (Lipinski definition) is 2. The number of rotatable bonds is 9. The summed E-state index contributed by atoms with van der Waals surface area (Å²) in [5.41, 5.74) is 2.63. The second-order valence-electron chi connectivity index (χ2n) is 6.73. The molecule has 2 aromatic rings. The van der Waals surface area contributed by atoms with Gasteiger partial charge in [0.25, 0.3) is 0 Å². The second kappa shape index (κ2) is 10.9. The molecule has 7 nitrogen and oxygen atoms in total. The number of morpholine rings is 1. The fourth-order valence-corrected chi connectivity index (χ4v) is 3.03. The summed E-state index contributed by atoms with van der Waals surface area (Å²) >= 11 is 0. The largest absolute Gasteiger partial charge is 0.378 e. The Hall–Kier alpha value is -3.45. The zero-order valence-electron chi connectivity index (χ0n) is 16.8. The normalized spacial score (nSPS) is 14.7. The summed E-state index contributed by atoms with van der Waals surface area (Å²) < 4.78 is 5.37. The van der Waals surface area contributed by atoms with E-state index in [4.69, 9.17) is 15.6 Å². The highest BCUT2D eigenvalue weighted by molar-refractivity contribution is 6.68. The Labute approximate surface area is 176 Å². The van der Waals surface area contributed by atoms with Gasteiger partial charge >= 0.3 is 0 Å². The lowest BCUT2D eigenvalue weighted by molar-refractivity contribution is -0.111. The van der Waals surface area contributed by atoms with E-state index < -0.39 is 0 Å². The van der Waals surface area contributed by atoms with Gasteiger partial charge in [-0.2, -0.15) is 0 Å². The van der Waals surface area contributed by atoms with E-state index >= 15 is 0 Å². The first kappa shape index (κ1) is 21.3. The molecule has 7 heteroatoms. The summed E-state index contributed by atoms with van der Waals surface area (Å²) in [5, 5.41) is 15.5. The van der Waals surface area contributed by atoms with Crippen LogP contribution in [-0.4, -0.2) is 55.9 Å². The first-order valence-corrected chi connectivity index (χ1v) is 9.86. The van der Waals surface area contributed by atoms with Crippen molar-refractivity contribution in [1.82, 2.24) is 0 Å². The van der Waals surface area contributed by atoms with E-state index in [0.29, 0.717) is 5.69 Å². The molecule has 0 aromatic heterocycles. The number of benzene rings is 2. The van der Waals surface area contributed by atoms with E-state index in [0.717, 1.165) is 43.9 Å². The average Bonchev–Trinajstić information content (AvgIpc) is 2.80. The summed E-state index contributed by atoms with van der Waals surface area (Å²) in [5.74, 6) is -0.375. The Morgan fingerprint density at radius 1 is 1.00 bits per heavy atom. The monoisotopic (exact) mass is 403 g/mol. The Kier molecular flexibility index (Phi) is 7.74. The van der Waals surface area contributed by atoms with Crippen molar-refractivity contribution < 1.29 is 9.53 Å². The first-order chi connectivity index (χ1) is 14.7.